The molecule has 40 heavy (non-hydrogen) atoms. The second-order valence-electron chi connectivity index (χ2n) is 12.8. The van der Waals surface area contributed by atoms with Gasteiger partial charge in [0, 0.05) is 5.57 Å². The summed E-state index contributed by atoms with van der Waals surface area (Å²) in [6, 6.07) is 0. The summed E-state index contributed by atoms with van der Waals surface area (Å²) in [5.41, 5.74) is 0.896. The number of carbonyl (C=O) groups excluding carboxylic acids is 1. The number of cyclic esters (lactones) is 1. The smallest absolute Gasteiger partial charge is 0.334 e. The maximum atomic E-state index is 11.6. The van der Waals surface area contributed by atoms with Gasteiger partial charge in [-0.15, -0.1) is 0 Å². The van der Waals surface area contributed by atoms with Crippen LogP contribution in [0.5, 0.6) is 0 Å². The zero-order chi connectivity index (χ0) is 28.5. The molecule has 3 heteroatoms. The molecule has 0 spiro atoms. The largest absolute Gasteiger partial charge is 0.455 e. The molecule has 3 nitrogen and oxygen atoms in total. The molecular formula is C37H66O3. The van der Waals surface area contributed by atoms with Crippen LogP contribution in [0.2, 0.25) is 0 Å². The molecule has 0 aromatic heterocycles. The molecule has 1 fully saturated rings. The Morgan fingerprint density at radius 1 is 0.600 bits per heavy atom. The van der Waals surface area contributed by atoms with Gasteiger partial charge in [-0.25, -0.2) is 4.79 Å². The van der Waals surface area contributed by atoms with Crippen LogP contribution in [0.1, 0.15) is 187 Å². The minimum atomic E-state index is -0.0937. The average molecular weight is 559 g/mol. The summed E-state index contributed by atoms with van der Waals surface area (Å²) in [5.74, 6) is -0.0937. The van der Waals surface area contributed by atoms with Gasteiger partial charge in [0.1, 0.15) is 6.10 Å². The number of carbonyl (C=O) groups is 1. The van der Waals surface area contributed by atoms with Gasteiger partial charge in [0.15, 0.2) is 0 Å². The number of epoxide rings is 1. The van der Waals surface area contributed by atoms with Crippen molar-refractivity contribution in [1.29, 1.82) is 0 Å². The Hall–Kier alpha value is -1.09. The number of esters is 1. The van der Waals surface area contributed by atoms with Crippen LogP contribution >= 0.6 is 0 Å². The molecule has 0 radical (unpaired) electrons. The summed E-state index contributed by atoms with van der Waals surface area (Å²) >= 11 is 0. The first kappa shape index (κ1) is 35.1. The summed E-state index contributed by atoms with van der Waals surface area (Å²) in [6.45, 7) is 4.23. The minimum Gasteiger partial charge on any atom is -0.455 e. The van der Waals surface area contributed by atoms with E-state index in [9.17, 15) is 4.79 Å². The van der Waals surface area contributed by atoms with Crippen molar-refractivity contribution in [3.05, 3.63) is 23.8 Å². The summed E-state index contributed by atoms with van der Waals surface area (Å²) in [7, 11) is 0. The third-order valence-corrected chi connectivity index (χ3v) is 8.87. The predicted molar refractivity (Wildman–Crippen MR) is 172 cm³/mol. The summed E-state index contributed by atoms with van der Waals surface area (Å²) in [5, 5.41) is 0. The first-order valence-electron chi connectivity index (χ1n) is 17.9. The van der Waals surface area contributed by atoms with E-state index in [1.165, 1.54) is 161 Å². The summed E-state index contributed by atoms with van der Waals surface area (Å²) < 4.78 is 11.1. The van der Waals surface area contributed by atoms with Gasteiger partial charge in [-0.3, -0.25) is 0 Å². The van der Waals surface area contributed by atoms with Gasteiger partial charge >= 0.3 is 5.97 Å². The van der Waals surface area contributed by atoms with Crippen LogP contribution < -0.4 is 0 Å². The van der Waals surface area contributed by atoms with Crippen molar-refractivity contribution in [1.82, 2.24) is 0 Å². The maximum absolute atomic E-state index is 11.6. The zero-order valence-electron chi connectivity index (χ0n) is 26.8. The van der Waals surface area contributed by atoms with Gasteiger partial charge in [0.25, 0.3) is 0 Å². The molecule has 2 rings (SSSR count). The fourth-order valence-electron chi connectivity index (χ4n) is 6.18. The fraction of sp³-hybridized carbons (Fsp3) is 0.865. The second kappa shape index (κ2) is 24.5. The number of hydrogen-bond acceptors (Lipinski definition) is 3. The van der Waals surface area contributed by atoms with Crippen LogP contribution in [-0.4, -0.2) is 24.3 Å². The fourth-order valence-corrected chi connectivity index (χ4v) is 6.18. The minimum absolute atomic E-state index is 0.0216. The third kappa shape index (κ3) is 19.1. The third-order valence-electron chi connectivity index (χ3n) is 8.87. The monoisotopic (exact) mass is 559 g/mol. The van der Waals surface area contributed by atoms with Gasteiger partial charge in [-0.2, -0.15) is 0 Å². The molecule has 0 aromatic rings. The van der Waals surface area contributed by atoms with Crippen molar-refractivity contribution in [2.24, 2.45) is 0 Å². The molecule has 0 aromatic carbocycles. The Bertz CT molecular complexity index is 666. The van der Waals surface area contributed by atoms with Crippen molar-refractivity contribution in [3.63, 3.8) is 0 Å². The highest BCUT2D eigenvalue weighted by molar-refractivity contribution is 5.90. The highest BCUT2D eigenvalue weighted by Crippen LogP contribution is 2.31. The summed E-state index contributed by atoms with van der Waals surface area (Å²) in [4.78, 5) is 11.6. The summed E-state index contributed by atoms with van der Waals surface area (Å²) in [6.07, 6.45) is 44.1. The molecule has 0 aliphatic carbocycles. The topological polar surface area (TPSA) is 38.8 Å². The Kier molecular flexibility index (Phi) is 21.5. The Morgan fingerprint density at radius 2 is 1.07 bits per heavy atom. The van der Waals surface area contributed by atoms with Gasteiger partial charge < -0.3 is 9.47 Å². The van der Waals surface area contributed by atoms with Crippen LogP contribution in [0, 0.1) is 0 Å². The van der Waals surface area contributed by atoms with E-state index in [1.807, 2.05) is 13.0 Å². The average Bonchev–Trinajstić information content (AvgIpc) is 3.61. The molecule has 1 saturated heterocycles. The molecule has 2 aliphatic rings. The van der Waals surface area contributed by atoms with Gasteiger partial charge in [-0.1, -0.05) is 147 Å². The second-order valence-corrected chi connectivity index (χ2v) is 12.8. The number of hydrogen-bond donors (Lipinski definition) is 0. The van der Waals surface area contributed by atoms with E-state index in [-0.39, 0.29) is 12.1 Å². The predicted octanol–water partition coefficient (Wildman–Crippen LogP) is 11.7. The number of allylic oxidation sites excluding steroid dienone is 2. The first-order chi connectivity index (χ1) is 19.7. The van der Waals surface area contributed by atoms with E-state index in [0.29, 0.717) is 12.2 Å². The van der Waals surface area contributed by atoms with E-state index in [4.69, 9.17) is 9.47 Å². The molecule has 2 heterocycles. The van der Waals surface area contributed by atoms with Gasteiger partial charge in [0.05, 0.1) is 12.2 Å². The Morgan fingerprint density at radius 3 is 1.62 bits per heavy atom. The zero-order valence-corrected chi connectivity index (χ0v) is 26.8. The highest BCUT2D eigenvalue weighted by atomic mass is 16.6. The number of unbranched alkanes of at least 4 members (excludes halogenated alkanes) is 21. The molecule has 0 bridgehead atoms. The SMILES string of the molecule is CCCCCCCCCCCCCCC=CCCC1OC1CCCCCCCCCCCCC1=CC(C)OC1=O. The molecule has 3 unspecified atom stereocenters. The van der Waals surface area contributed by atoms with E-state index in [0.717, 1.165) is 18.4 Å². The van der Waals surface area contributed by atoms with Crippen LogP contribution in [0.4, 0.5) is 0 Å². The molecular weight excluding hydrogens is 492 g/mol. The maximum Gasteiger partial charge on any atom is 0.334 e. The van der Waals surface area contributed by atoms with Crippen LogP contribution in [0.3, 0.4) is 0 Å². The van der Waals surface area contributed by atoms with Crippen LogP contribution in [0.15, 0.2) is 23.8 Å². The Balaban J connectivity index is 1.22. The van der Waals surface area contributed by atoms with E-state index in [1.54, 1.807) is 0 Å². The standard InChI is InChI=1S/C37H66O3/c1-3-4-5-6-7-8-9-10-11-12-13-14-18-21-24-27-30-35-36(40-35)31-28-25-22-19-16-15-17-20-23-26-29-34-32-33(2)39-37(34)38/h21,24,32-33,35-36H,3-20,22-23,25-31H2,1-2H3. The highest BCUT2D eigenvalue weighted by Gasteiger charge is 2.36. The van der Waals surface area contributed by atoms with Crippen molar-refractivity contribution >= 4 is 5.97 Å². The quantitative estimate of drug-likeness (QED) is 0.0396. The molecule has 0 saturated carbocycles. The molecule has 0 N–H and O–H groups in total. The van der Waals surface area contributed by atoms with E-state index in [2.05, 4.69) is 19.1 Å². The molecule has 0 amide bonds. The lowest BCUT2D eigenvalue weighted by Crippen LogP contribution is -2.03. The van der Waals surface area contributed by atoms with Crippen LogP contribution in [0.25, 0.3) is 0 Å². The normalized spacial score (nSPS) is 20.4. The van der Waals surface area contributed by atoms with Crippen molar-refractivity contribution in [3.8, 4) is 0 Å². The number of rotatable bonds is 29. The lowest BCUT2D eigenvalue weighted by atomic mass is 10.0. The molecule has 2 aliphatic heterocycles. The van der Waals surface area contributed by atoms with Gasteiger partial charge in [-0.05, 0) is 57.9 Å². The van der Waals surface area contributed by atoms with Crippen molar-refractivity contribution in [2.75, 3.05) is 0 Å². The molecule has 232 valence electrons. The lowest BCUT2D eigenvalue weighted by Gasteiger charge is -2.03. The lowest BCUT2D eigenvalue weighted by molar-refractivity contribution is -0.139. The van der Waals surface area contributed by atoms with Crippen LogP contribution in [-0.2, 0) is 14.3 Å². The molecule has 3 atom stereocenters. The van der Waals surface area contributed by atoms with Crippen molar-refractivity contribution in [2.45, 2.75) is 206 Å². The van der Waals surface area contributed by atoms with Gasteiger partial charge in [0.2, 0.25) is 0 Å². The first-order valence-corrected chi connectivity index (χ1v) is 17.9. The van der Waals surface area contributed by atoms with E-state index >= 15 is 0 Å². The Labute approximate surface area is 249 Å². The van der Waals surface area contributed by atoms with Crippen molar-refractivity contribution < 1.29 is 14.3 Å². The van der Waals surface area contributed by atoms with E-state index < -0.39 is 0 Å². The number of ether oxygens (including phenoxy) is 2.